The van der Waals surface area contributed by atoms with E-state index >= 15 is 0 Å². The second-order valence-corrected chi connectivity index (χ2v) is 3.97. The van der Waals surface area contributed by atoms with Crippen LogP contribution < -0.4 is 11.1 Å². The predicted molar refractivity (Wildman–Crippen MR) is 65.5 cm³/mol. The Morgan fingerprint density at radius 3 is 2.83 bits per heavy atom. The van der Waals surface area contributed by atoms with Crippen molar-refractivity contribution in [3.63, 3.8) is 0 Å². The molecule has 2 heterocycles. The van der Waals surface area contributed by atoms with Gasteiger partial charge in [-0.25, -0.2) is 4.98 Å². The zero-order valence-corrected chi connectivity index (χ0v) is 10.2. The van der Waals surface area contributed by atoms with E-state index in [-0.39, 0.29) is 11.9 Å². The number of hydrogen-bond acceptors (Lipinski definition) is 5. The van der Waals surface area contributed by atoms with Crippen LogP contribution in [0.25, 0.3) is 0 Å². The molecule has 0 aromatic carbocycles. The van der Waals surface area contributed by atoms with Crippen LogP contribution in [0.2, 0.25) is 0 Å². The number of aryl methyl sites for hydroxylation is 1. The molecule has 0 aliphatic rings. The molecule has 2 aromatic heterocycles. The normalized spacial score (nSPS) is 12.1. The third-order valence-electron chi connectivity index (χ3n) is 2.53. The van der Waals surface area contributed by atoms with Gasteiger partial charge in [-0.3, -0.25) is 4.79 Å². The van der Waals surface area contributed by atoms with E-state index in [0.717, 1.165) is 0 Å². The van der Waals surface area contributed by atoms with Crippen molar-refractivity contribution in [1.29, 1.82) is 0 Å². The number of carbonyl (C=O) groups excluding carboxylic acids is 1. The lowest BCUT2D eigenvalue weighted by Crippen LogP contribution is -2.28. The van der Waals surface area contributed by atoms with Gasteiger partial charge in [-0.05, 0) is 19.1 Å². The minimum atomic E-state index is -0.234. The van der Waals surface area contributed by atoms with E-state index in [1.165, 1.54) is 6.20 Å². The number of hydrogen-bond donors (Lipinski definition) is 2. The maximum Gasteiger partial charge on any atom is 0.253 e. The van der Waals surface area contributed by atoms with Crippen LogP contribution in [0.4, 0.5) is 5.82 Å². The Labute approximate surface area is 104 Å². The first-order valence-electron chi connectivity index (χ1n) is 5.44. The maximum absolute atomic E-state index is 11.9. The van der Waals surface area contributed by atoms with Crippen LogP contribution in [0.1, 0.15) is 29.1 Å². The third kappa shape index (κ3) is 2.45. The topological polar surface area (TPSA) is 98.7 Å². The summed E-state index contributed by atoms with van der Waals surface area (Å²) in [6.07, 6.45) is 3.02. The molecule has 0 radical (unpaired) electrons. The molecule has 0 saturated carbocycles. The number of nitrogens with zero attached hydrogens (tertiary/aromatic N) is 4. The fourth-order valence-corrected chi connectivity index (χ4v) is 1.57. The highest BCUT2D eigenvalue weighted by atomic mass is 16.1. The summed E-state index contributed by atoms with van der Waals surface area (Å²) in [5.74, 6) is 0.845. The summed E-state index contributed by atoms with van der Waals surface area (Å²) in [6, 6.07) is 2.98. The molecule has 0 bridgehead atoms. The minimum absolute atomic E-state index is 0.224. The average Bonchev–Trinajstić information content (AvgIpc) is 2.76. The average molecular weight is 246 g/mol. The Hall–Kier alpha value is -2.44. The standard InChI is InChI=1S/C11H14N6O/c1-7(10-16-14-6-17(10)2)15-11(18)8-3-4-9(12)13-5-8/h3-7H,1-2H3,(H2,12,13)(H,15,18). The number of carbonyl (C=O) groups is 1. The van der Waals surface area contributed by atoms with Crippen molar-refractivity contribution in [2.24, 2.45) is 7.05 Å². The number of rotatable bonds is 3. The SMILES string of the molecule is CC(NC(=O)c1ccc(N)nc1)c1nncn1C. The predicted octanol–water partition coefficient (Wildman–Crippen LogP) is 0.283. The van der Waals surface area contributed by atoms with Crippen molar-refractivity contribution in [2.75, 3.05) is 5.73 Å². The molecule has 1 unspecified atom stereocenters. The molecular weight excluding hydrogens is 232 g/mol. The van der Waals surface area contributed by atoms with E-state index in [9.17, 15) is 4.79 Å². The van der Waals surface area contributed by atoms with Crippen molar-refractivity contribution in [3.05, 3.63) is 36.0 Å². The van der Waals surface area contributed by atoms with Gasteiger partial charge in [0.25, 0.3) is 5.91 Å². The summed E-state index contributed by atoms with van der Waals surface area (Å²) < 4.78 is 1.76. The molecule has 0 fully saturated rings. The van der Waals surface area contributed by atoms with Gasteiger partial charge < -0.3 is 15.6 Å². The Bertz CT molecular complexity index is 547. The molecule has 7 heteroatoms. The summed E-state index contributed by atoms with van der Waals surface area (Å²) in [5.41, 5.74) is 5.92. The molecule has 0 aliphatic carbocycles. The molecule has 0 saturated heterocycles. The van der Waals surface area contributed by atoms with Gasteiger partial charge in [0.2, 0.25) is 0 Å². The maximum atomic E-state index is 11.9. The van der Waals surface area contributed by atoms with Crippen LogP contribution in [-0.2, 0) is 7.05 Å². The van der Waals surface area contributed by atoms with E-state index in [2.05, 4.69) is 20.5 Å². The molecular formula is C11H14N6O. The van der Waals surface area contributed by atoms with E-state index in [4.69, 9.17) is 5.73 Å². The third-order valence-corrected chi connectivity index (χ3v) is 2.53. The summed E-state index contributed by atoms with van der Waals surface area (Å²) >= 11 is 0. The molecule has 94 valence electrons. The highest BCUT2D eigenvalue weighted by molar-refractivity contribution is 5.94. The second kappa shape index (κ2) is 4.82. The molecule has 2 aromatic rings. The van der Waals surface area contributed by atoms with Gasteiger partial charge in [-0.2, -0.15) is 0 Å². The Balaban J connectivity index is 2.08. The molecule has 1 atom stereocenters. The molecule has 2 rings (SSSR count). The zero-order valence-electron chi connectivity index (χ0n) is 10.2. The molecule has 0 aliphatic heterocycles. The van der Waals surface area contributed by atoms with Crippen molar-refractivity contribution in [1.82, 2.24) is 25.1 Å². The van der Waals surface area contributed by atoms with Crippen molar-refractivity contribution >= 4 is 11.7 Å². The Morgan fingerprint density at radius 1 is 1.50 bits per heavy atom. The van der Waals surface area contributed by atoms with Gasteiger partial charge in [0.1, 0.15) is 12.1 Å². The second-order valence-electron chi connectivity index (χ2n) is 3.97. The van der Waals surface area contributed by atoms with Gasteiger partial charge >= 0.3 is 0 Å². The first kappa shape index (κ1) is 12.0. The lowest BCUT2D eigenvalue weighted by molar-refractivity contribution is 0.0937. The summed E-state index contributed by atoms with van der Waals surface area (Å²) in [7, 11) is 1.82. The lowest BCUT2D eigenvalue weighted by Gasteiger charge is -2.12. The van der Waals surface area contributed by atoms with Crippen molar-refractivity contribution in [2.45, 2.75) is 13.0 Å². The number of nitrogens with one attached hydrogen (secondary N) is 1. The van der Waals surface area contributed by atoms with Crippen LogP contribution in [0, 0.1) is 0 Å². The summed E-state index contributed by atoms with van der Waals surface area (Å²) in [5, 5.41) is 10.5. The summed E-state index contributed by atoms with van der Waals surface area (Å²) in [4.78, 5) is 15.8. The first-order chi connectivity index (χ1) is 8.58. The fourth-order valence-electron chi connectivity index (χ4n) is 1.57. The zero-order chi connectivity index (χ0) is 13.1. The number of amides is 1. The Kier molecular flexibility index (Phi) is 3.22. The fraction of sp³-hybridized carbons (Fsp3) is 0.273. The monoisotopic (exact) mass is 246 g/mol. The summed E-state index contributed by atoms with van der Waals surface area (Å²) in [6.45, 7) is 1.84. The largest absolute Gasteiger partial charge is 0.384 e. The first-order valence-corrected chi connectivity index (χ1v) is 5.44. The van der Waals surface area contributed by atoms with Crippen LogP contribution >= 0.6 is 0 Å². The van der Waals surface area contributed by atoms with Gasteiger partial charge in [0, 0.05) is 13.2 Å². The van der Waals surface area contributed by atoms with Crippen LogP contribution in [0.3, 0.4) is 0 Å². The number of pyridine rings is 1. The number of nitrogen functional groups attached to an aromatic ring is 1. The highest BCUT2D eigenvalue weighted by Gasteiger charge is 2.15. The van der Waals surface area contributed by atoms with E-state index in [1.54, 1.807) is 23.0 Å². The van der Waals surface area contributed by atoms with E-state index in [1.807, 2.05) is 14.0 Å². The molecule has 7 nitrogen and oxygen atoms in total. The Morgan fingerprint density at radius 2 is 2.28 bits per heavy atom. The number of anilines is 1. The number of nitrogens with two attached hydrogens (primary N) is 1. The molecule has 0 spiro atoms. The minimum Gasteiger partial charge on any atom is -0.384 e. The van der Waals surface area contributed by atoms with E-state index in [0.29, 0.717) is 17.2 Å². The van der Waals surface area contributed by atoms with Crippen LogP contribution in [-0.4, -0.2) is 25.7 Å². The van der Waals surface area contributed by atoms with Gasteiger partial charge in [0.15, 0.2) is 5.82 Å². The quantitative estimate of drug-likeness (QED) is 0.810. The van der Waals surface area contributed by atoms with Crippen molar-refractivity contribution < 1.29 is 4.79 Å². The highest BCUT2D eigenvalue weighted by Crippen LogP contribution is 2.09. The molecule has 1 amide bonds. The lowest BCUT2D eigenvalue weighted by atomic mass is 10.2. The van der Waals surface area contributed by atoms with Crippen molar-refractivity contribution in [3.8, 4) is 0 Å². The number of aromatic nitrogens is 4. The van der Waals surface area contributed by atoms with Crippen LogP contribution in [0.5, 0.6) is 0 Å². The molecule has 3 N–H and O–H groups in total. The van der Waals surface area contributed by atoms with Crippen LogP contribution in [0.15, 0.2) is 24.7 Å². The van der Waals surface area contributed by atoms with E-state index < -0.39 is 0 Å². The van der Waals surface area contributed by atoms with Gasteiger partial charge in [0.05, 0.1) is 11.6 Å². The van der Waals surface area contributed by atoms with Gasteiger partial charge in [-0.15, -0.1) is 10.2 Å². The van der Waals surface area contributed by atoms with Gasteiger partial charge in [-0.1, -0.05) is 0 Å². The smallest absolute Gasteiger partial charge is 0.253 e. The molecule has 18 heavy (non-hydrogen) atoms.